The topological polar surface area (TPSA) is 38.7 Å². The Kier molecular flexibility index (Phi) is 2.99. The van der Waals surface area contributed by atoms with Gasteiger partial charge in [0.05, 0.1) is 10.7 Å². The standard InChI is InChI=1S/C8H11NO2S2/c10-6-9-7-5-11-2-1-8(7)12-3-4-13-8/h7H,1-5H2. The van der Waals surface area contributed by atoms with Gasteiger partial charge in [0.1, 0.15) is 6.04 Å². The molecule has 3 nitrogen and oxygen atoms in total. The second-order valence-corrected chi connectivity index (χ2v) is 6.18. The maximum Gasteiger partial charge on any atom is 0.235 e. The van der Waals surface area contributed by atoms with Crippen LogP contribution in [0.2, 0.25) is 0 Å². The average molecular weight is 217 g/mol. The van der Waals surface area contributed by atoms with Gasteiger partial charge in [-0.2, -0.15) is 4.99 Å². The fourth-order valence-corrected chi connectivity index (χ4v) is 4.98. The molecular formula is C8H11NO2S2. The summed E-state index contributed by atoms with van der Waals surface area (Å²) in [7, 11) is 0. The monoisotopic (exact) mass is 217 g/mol. The zero-order valence-electron chi connectivity index (χ0n) is 7.19. The minimum atomic E-state index is 0.0104. The second-order valence-electron chi connectivity index (χ2n) is 3.07. The molecule has 2 saturated heterocycles. The van der Waals surface area contributed by atoms with E-state index >= 15 is 0 Å². The smallest absolute Gasteiger partial charge is 0.235 e. The van der Waals surface area contributed by atoms with Gasteiger partial charge in [0.15, 0.2) is 0 Å². The van der Waals surface area contributed by atoms with Gasteiger partial charge >= 0.3 is 0 Å². The van der Waals surface area contributed by atoms with Crippen molar-refractivity contribution in [1.29, 1.82) is 0 Å². The van der Waals surface area contributed by atoms with Crippen molar-refractivity contribution in [3.63, 3.8) is 0 Å². The number of carbonyl (C=O) groups excluding carboxylic acids is 1. The van der Waals surface area contributed by atoms with Gasteiger partial charge in [-0.05, 0) is 6.42 Å². The molecule has 2 aliphatic heterocycles. The van der Waals surface area contributed by atoms with Crippen LogP contribution in [-0.2, 0) is 9.53 Å². The van der Waals surface area contributed by atoms with Gasteiger partial charge in [-0.15, -0.1) is 23.5 Å². The SMILES string of the molecule is O=C=NC1COCCC12SCCS2. The van der Waals surface area contributed by atoms with E-state index in [0.717, 1.165) is 24.5 Å². The number of aliphatic imine (C=N–C) groups is 1. The first-order chi connectivity index (χ1) is 6.37. The molecule has 0 aromatic rings. The van der Waals surface area contributed by atoms with E-state index in [1.54, 1.807) is 6.08 Å². The van der Waals surface area contributed by atoms with Gasteiger partial charge < -0.3 is 4.74 Å². The summed E-state index contributed by atoms with van der Waals surface area (Å²) in [4.78, 5) is 14.1. The van der Waals surface area contributed by atoms with E-state index in [9.17, 15) is 4.79 Å². The Hall–Kier alpha value is 0.0400. The maximum atomic E-state index is 10.2. The summed E-state index contributed by atoms with van der Waals surface area (Å²) in [6.45, 7) is 1.38. The lowest BCUT2D eigenvalue weighted by Crippen LogP contribution is -2.41. The van der Waals surface area contributed by atoms with Gasteiger partial charge in [0.2, 0.25) is 6.08 Å². The first-order valence-corrected chi connectivity index (χ1v) is 6.27. The minimum Gasteiger partial charge on any atom is -0.379 e. The molecule has 2 heterocycles. The molecule has 0 aromatic carbocycles. The van der Waals surface area contributed by atoms with Crippen molar-refractivity contribution in [2.45, 2.75) is 16.5 Å². The molecule has 72 valence electrons. The summed E-state index contributed by atoms with van der Waals surface area (Å²) in [5.74, 6) is 2.32. The lowest BCUT2D eigenvalue weighted by Gasteiger charge is -2.36. The van der Waals surface area contributed by atoms with E-state index in [1.165, 1.54) is 0 Å². The summed E-state index contributed by atoms with van der Waals surface area (Å²) >= 11 is 3.85. The normalized spacial score (nSPS) is 31.5. The highest BCUT2D eigenvalue weighted by Crippen LogP contribution is 2.51. The van der Waals surface area contributed by atoms with Crippen molar-refractivity contribution in [1.82, 2.24) is 0 Å². The molecule has 2 fully saturated rings. The van der Waals surface area contributed by atoms with Gasteiger partial charge in [-0.25, -0.2) is 4.79 Å². The van der Waals surface area contributed by atoms with Gasteiger partial charge in [-0.1, -0.05) is 0 Å². The highest BCUT2D eigenvalue weighted by molar-refractivity contribution is 8.21. The molecule has 0 bridgehead atoms. The summed E-state index contributed by atoms with van der Waals surface area (Å²) in [5.41, 5.74) is 0. The van der Waals surface area contributed by atoms with E-state index in [-0.39, 0.29) is 10.1 Å². The molecule has 2 aliphatic rings. The number of hydrogen-bond donors (Lipinski definition) is 0. The number of ether oxygens (including phenoxy) is 1. The van der Waals surface area contributed by atoms with Crippen LogP contribution in [0.3, 0.4) is 0 Å². The molecule has 1 atom stereocenters. The van der Waals surface area contributed by atoms with Crippen LogP contribution in [0.1, 0.15) is 6.42 Å². The van der Waals surface area contributed by atoms with Gasteiger partial charge in [0.25, 0.3) is 0 Å². The predicted octanol–water partition coefficient (Wildman–Crippen LogP) is 1.29. The number of nitrogens with zero attached hydrogens (tertiary/aromatic N) is 1. The molecule has 0 saturated carbocycles. The number of rotatable bonds is 1. The first-order valence-electron chi connectivity index (χ1n) is 4.30. The molecule has 0 N–H and O–H groups in total. The molecular weight excluding hydrogens is 206 g/mol. The predicted molar refractivity (Wildman–Crippen MR) is 55.0 cm³/mol. The zero-order valence-corrected chi connectivity index (χ0v) is 8.83. The molecule has 0 amide bonds. The van der Waals surface area contributed by atoms with Crippen molar-refractivity contribution >= 4 is 29.6 Å². The van der Waals surface area contributed by atoms with Gasteiger partial charge in [-0.3, -0.25) is 0 Å². The number of hydrogen-bond acceptors (Lipinski definition) is 5. The summed E-state index contributed by atoms with van der Waals surface area (Å²) in [6.07, 6.45) is 2.66. The average Bonchev–Trinajstić information content (AvgIpc) is 2.59. The molecule has 0 aliphatic carbocycles. The third kappa shape index (κ3) is 1.79. The van der Waals surface area contributed by atoms with Crippen LogP contribution >= 0.6 is 23.5 Å². The quantitative estimate of drug-likeness (QED) is 0.490. The van der Waals surface area contributed by atoms with Crippen LogP contribution in [0, 0.1) is 0 Å². The summed E-state index contributed by atoms with van der Waals surface area (Å²) in [6, 6.07) is 0.0104. The van der Waals surface area contributed by atoms with Crippen molar-refractivity contribution < 1.29 is 9.53 Å². The van der Waals surface area contributed by atoms with Crippen LogP contribution in [0.15, 0.2) is 4.99 Å². The Morgan fingerprint density at radius 3 is 2.92 bits per heavy atom. The van der Waals surface area contributed by atoms with E-state index < -0.39 is 0 Å². The van der Waals surface area contributed by atoms with Crippen molar-refractivity contribution in [2.24, 2.45) is 4.99 Å². The molecule has 5 heteroatoms. The number of isocyanates is 1. The van der Waals surface area contributed by atoms with Crippen LogP contribution in [0.25, 0.3) is 0 Å². The molecule has 0 aromatic heterocycles. The second kappa shape index (κ2) is 4.05. The molecule has 1 unspecified atom stereocenters. The highest BCUT2D eigenvalue weighted by Gasteiger charge is 2.45. The third-order valence-corrected chi connectivity index (χ3v) is 6.07. The lowest BCUT2D eigenvalue weighted by molar-refractivity contribution is 0.0808. The van der Waals surface area contributed by atoms with E-state index in [2.05, 4.69) is 4.99 Å². The fourth-order valence-electron chi connectivity index (χ4n) is 1.71. The van der Waals surface area contributed by atoms with Crippen LogP contribution in [0.5, 0.6) is 0 Å². The molecule has 13 heavy (non-hydrogen) atoms. The Morgan fingerprint density at radius 2 is 2.23 bits per heavy atom. The van der Waals surface area contributed by atoms with E-state index in [4.69, 9.17) is 4.74 Å². The first kappa shape index (κ1) is 9.59. The molecule has 2 rings (SSSR count). The Bertz CT molecular complexity index is 234. The fraction of sp³-hybridized carbons (Fsp3) is 0.875. The third-order valence-electron chi connectivity index (χ3n) is 2.36. The van der Waals surface area contributed by atoms with Crippen molar-refractivity contribution in [3.8, 4) is 0 Å². The molecule has 0 radical (unpaired) electrons. The summed E-state index contributed by atoms with van der Waals surface area (Å²) < 4.78 is 5.44. The lowest BCUT2D eigenvalue weighted by atomic mass is 10.1. The number of thioether (sulfide) groups is 2. The Morgan fingerprint density at radius 1 is 1.46 bits per heavy atom. The van der Waals surface area contributed by atoms with E-state index in [0.29, 0.717) is 6.61 Å². The molecule has 1 spiro atoms. The van der Waals surface area contributed by atoms with Crippen molar-refractivity contribution in [2.75, 3.05) is 24.7 Å². The minimum absolute atomic E-state index is 0.0104. The Labute approximate surface area is 85.7 Å². The maximum absolute atomic E-state index is 10.2. The Balaban J connectivity index is 2.16. The summed E-state index contributed by atoms with van der Waals surface area (Å²) in [5, 5.41) is 0. The highest BCUT2D eigenvalue weighted by atomic mass is 32.2. The van der Waals surface area contributed by atoms with Crippen LogP contribution in [-0.4, -0.2) is 40.9 Å². The van der Waals surface area contributed by atoms with E-state index in [1.807, 2.05) is 23.5 Å². The van der Waals surface area contributed by atoms with Crippen molar-refractivity contribution in [3.05, 3.63) is 0 Å². The van der Waals surface area contributed by atoms with Crippen LogP contribution < -0.4 is 0 Å². The van der Waals surface area contributed by atoms with Crippen LogP contribution in [0.4, 0.5) is 0 Å². The zero-order chi connectivity index (χ0) is 9.15. The van der Waals surface area contributed by atoms with Gasteiger partial charge in [0, 0.05) is 18.1 Å². The largest absolute Gasteiger partial charge is 0.379 e.